The van der Waals surface area contributed by atoms with E-state index in [2.05, 4.69) is 19.1 Å². The van der Waals surface area contributed by atoms with Crippen LogP contribution in [0.25, 0.3) is 5.57 Å². The van der Waals surface area contributed by atoms with Crippen LogP contribution in [0.1, 0.15) is 37.3 Å². The Labute approximate surface area is 109 Å². The molecule has 0 aliphatic heterocycles. The maximum atomic E-state index is 13.8. The number of aryl methyl sites for hydroxylation is 1. The number of benzene rings is 1. The van der Waals surface area contributed by atoms with Crippen molar-refractivity contribution in [1.29, 1.82) is 0 Å². The molecule has 0 bridgehead atoms. The lowest BCUT2D eigenvalue weighted by atomic mass is 10.0. The molecule has 0 saturated heterocycles. The molecule has 94 valence electrons. The molecule has 1 aliphatic carbocycles. The van der Waals surface area contributed by atoms with Crippen LogP contribution in [-0.2, 0) is 6.42 Å². The normalized spacial score (nSPS) is 15.0. The van der Waals surface area contributed by atoms with E-state index in [1.54, 1.807) is 6.08 Å². The number of rotatable bonds is 4. The first-order chi connectivity index (χ1) is 8.81. The van der Waals surface area contributed by atoms with Crippen LogP contribution in [0, 0.1) is 0 Å². The van der Waals surface area contributed by atoms with Crippen LogP contribution in [0.5, 0.6) is 0 Å². The van der Waals surface area contributed by atoms with Gasteiger partial charge < -0.3 is 0 Å². The number of allylic oxidation sites excluding steroid dienone is 6. The van der Waals surface area contributed by atoms with Gasteiger partial charge in [0.15, 0.2) is 0 Å². The molecule has 0 amide bonds. The van der Waals surface area contributed by atoms with Crippen LogP contribution in [0.4, 0.5) is 4.39 Å². The summed E-state index contributed by atoms with van der Waals surface area (Å²) < 4.78 is 13.8. The molecule has 0 heterocycles. The lowest BCUT2D eigenvalue weighted by molar-refractivity contribution is 0.674. The Morgan fingerprint density at radius 1 is 1.17 bits per heavy atom. The molecule has 1 heteroatoms. The fourth-order valence-electron chi connectivity index (χ4n) is 2.09. The van der Waals surface area contributed by atoms with Crippen molar-refractivity contribution in [2.75, 3.05) is 0 Å². The molecular weight excluding hydrogens is 223 g/mol. The Bertz CT molecular complexity index is 475. The molecule has 18 heavy (non-hydrogen) atoms. The highest BCUT2D eigenvalue weighted by Crippen LogP contribution is 2.27. The van der Waals surface area contributed by atoms with Crippen molar-refractivity contribution in [2.24, 2.45) is 0 Å². The zero-order chi connectivity index (χ0) is 12.8. The molecule has 0 aromatic heterocycles. The van der Waals surface area contributed by atoms with E-state index in [0.29, 0.717) is 5.57 Å². The van der Waals surface area contributed by atoms with Crippen molar-refractivity contribution >= 4 is 5.57 Å². The molecule has 0 radical (unpaired) electrons. The van der Waals surface area contributed by atoms with E-state index < -0.39 is 0 Å². The first kappa shape index (κ1) is 12.8. The Balaban J connectivity index is 2.16. The number of hydrogen-bond donors (Lipinski definition) is 0. The molecule has 0 atom stereocenters. The Kier molecular flexibility index (Phi) is 4.52. The third kappa shape index (κ3) is 3.19. The number of hydrogen-bond acceptors (Lipinski definition) is 0. The van der Waals surface area contributed by atoms with Gasteiger partial charge in [-0.15, -0.1) is 0 Å². The summed E-state index contributed by atoms with van der Waals surface area (Å²) in [6.07, 6.45) is 11.5. The lowest BCUT2D eigenvalue weighted by Crippen LogP contribution is -1.88. The van der Waals surface area contributed by atoms with Gasteiger partial charge in [0.05, 0.1) is 0 Å². The first-order valence-electron chi connectivity index (χ1n) is 6.63. The third-order valence-electron chi connectivity index (χ3n) is 3.18. The van der Waals surface area contributed by atoms with Gasteiger partial charge in [0, 0.05) is 5.57 Å². The standard InChI is InChI=1S/C17H19F/c1-2-3-7-14-10-12-15(13-11-14)16-8-5-4-6-9-17(16)18/h4,6,8-13H,2-3,5,7H2,1H3. The highest BCUT2D eigenvalue weighted by molar-refractivity contribution is 5.78. The van der Waals surface area contributed by atoms with Crippen molar-refractivity contribution < 1.29 is 4.39 Å². The van der Waals surface area contributed by atoms with E-state index in [1.807, 2.05) is 24.3 Å². The van der Waals surface area contributed by atoms with Gasteiger partial charge in [-0.05, 0) is 36.5 Å². The van der Waals surface area contributed by atoms with E-state index in [9.17, 15) is 4.39 Å². The zero-order valence-corrected chi connectivity index (χ0v) is 10.8. The molecule has 0 N–H and O–H groups in total. The molecule has 1 aliphatic rings. The molecule has 0 fully saturated rings. The summed E-state index contributed by atoms with van der Waals surface area (Å²) in [5.41, 5.74) is 3.01. The van der Waals surface area contributed by atoms with Crippen molar-refractivity contribution in [1.82, 2.24) is 0 Å². The molecule has 1 aromatic rings. The van der Waals surface area contributed by atoms with E-state index in [4.69, 9.17) is 0 Å². The van der Waals surface area contributed by atoms with E-state index in [-0.39, 0.29) is 5.83 Å². The largest absolute Gasteiger partial charge is 0.206 e. The average Bonchev–Trinajstić information content (AvgIpc) is 2.62. The Morgan fingerprint density at radius 2 is 1.94 bits per heavy atom. The van der Waals surface area contributed by atoms with Gasteiger partial charge in [0.25, 0.3) is 0 Å². The minimum atomic E-state index is -0.148. The van der Waals surface area contributed by atoms with E-state index in [0.717, 1.165) is 18.4 Å². The van der Waals surface area contributed by atoms with E-state index >= 15 is 0 Å². The summed E-state index contributed by atoms with van der Waals surface area (Å²) in [5, 5.41) is 0. The maximum absolute atomic E-state index is 13.8. The van der Waals surface area contributed by atoms with Crippen molar-refractivity contribution in [3.63, 3.8) is 0 Å². The van der Waals surface area contributed by atoms with Gasteiger partial charge in [-0.3, -0.25) is 0 Å². The second-order valence-corrected chi connectivity index (χ2v) is 4.60. The maximum Gasteiger partial charge on any atom is 0.130 e. The smallest absolute Gasteiger partial charge is 0.130 e. The second-order valence-electron chi connectivity index (χ2n) is 4.60. The summed E-state index contributed by atoms with van der Waals surface area (Å²) in [4.78, 5) is 0. The summed E-state index contributed by atoms with van der Waals surface area (Å²) in [6, 6.07) is 8.26. The predicted molar refractivity (Wildman–Crippen MR) is 76.0 cm³/mol. The number of unbranched alkanes of at least 4 members (excludes halogenated alkanes) is 1. The van der Waals surface area contributed by atoms with Crippen LogP contribution >= 0.6 is 0 Å². The van der Waals surface area contributed by atoms with Crippen molar-refractivity contribution in [3.05, 3.63) is 65.5 Å². The van der Waals surface area contributed by atoms with Crippen LogP contribution in [0.2, 0.25) is 0 Å². The van der Waals surface area contributed by atoms with Gasteiger partial charge in [0.1, 0.15) is 5.83 Å². The molecule has 0 saturated carbocycles. The summed E-state index contributed by atoms with van der Waals surface area (Å²) in [5.74, 6) is -0.148. The summed E-state index contributed by atoms with van der Waals surface area (Å²) >= 11 is 0. The van der Waals surface area contributed by atoms with Gasteiger partial charge in [-0.1, -0.05) is 55.8 Å². The van der Waals surface area contributed by atoms with Gasteiger partial charge in [-0.2, -0.15) is 0 Å². The third-order valence-corrected chi connectivity index (χ3v) is 3.18. The molecular formula is C17H19F. The Hall–Kier alpha value is -1.63. The van der Waals surface area contributed by atoms with Crippen molar-refractivity contribution in [3.8, 4) is 0 Å². The minimum absolute atomic E-state index is 0.148. The minimum Gasteiger partial charge on any atom is -0.206 e. The quantitative estimate of drug-likeness (QED) is 0.678. The molecule has 0 unspecified atom stereocenters. The highest BCUT2D eigenvalue weighted by atomic mass is 19.1. The molecule has 1 aromatic carbocycles. The van der Waals surface area contributed by atoms with Gasteiger partial charge >= 0.3 is 0 Å². The summed E-state index contributed by atoms with van der Waals surface area (Å²) in [6.45, 7) is 2.19. The average molecular weight is 242 g/mol. The SMILES string of the molecule is CCCCc1ccc(C2=CCC=CC=C2F)cc1. The van der Waals surface area contributed by atoms with Crippen LogP contribution in [0.15, 0.2) is 54.4 Å². The molecule has 0 spiro atoms. The highest BCUT2D eigenvalue weighted by Gasteiger charge is 2.08. The topological polar surface area (TPSA) is 0 Å². The fraction of sp³-hybridized carbons (Fsp3) is 0.294. The van der Waals surface area contributed by atoms with Gasteiger partial charge in [-0.25, -0.2) is 4.39 Å². The fourth-order valence-corrected chi connectivity index (χ4v) is 2.09. The van der Waals surface area contributed by atoms with Crippen LogP contribution < -0.4 is 0 Å². The predicted octanol–water partition coefficient (Wildman–Crippen LogP) is 5.23. The summed E-state index contributed by atoms with van der Waals surface area (Å²) in [7, 11) is 0. The first-order valence-corrected chi connectivity index (χ1v) is 6.63. The Morgan fingerprint density at radius 3 is 2.67 bits per heavy atom. The molecule has 2 rings (SSSR count). The lowest BCUT2D eigenvalue weighted by Gasteiger charge is -2.06. The van der Waals surface area contributed by atoms with E-state index in [1.165, 1.54) is 24.5 Å². The molecule has 0 nitrogen and oxygen atoms in total. The van der Waals surface area contributed by atoms with Crippen molar-refractivity contribution in [2.45, 2.75) is 32.6 Å². The van der Waals surface area contributed by atoms with Gasteiger partial charge in [0.2, 0.25) is 0 Å². The second kappa shape index (κ2) is 6.34. The van der Waals surface area contributed by atoms with Crippen LogP contribution in [0.3, 0.4) is 0 Å². The monoisotopic (exact) mass is 242 g/mol. The van der Waals surface area contributed by atoms with Crippen LogP contribution in [-0.4, -0.2) is 0 Å². The zero-order valence-electron chi connectivity index (χ0n) is 10.8. The number of halogens is 1.